The number of piperidine rings is 1. The Hall–Kier alpha value is -1.36. The number of rotatable bonds is 5. The molecule has 1 fully saturated rings. The minimum Gasteiger partial charge on any atom is -0.351 e. The number of amides is 1. The van der Waals surface area contributed by atoms with Crippen LogP contribution in [0.3, 0.4) is 0 Å². The van der Waals surface area contributed by atoms with E-state index in [2.05, 4.69) is 10.6 Å². The number of carbonyl (C=O) groups is 1. The topological polar surface area (TPSA) is 87.3 Å². The Morgan fingerprint density at radius 2 is 2.04 bits per heavy atom. The van der Waals surface area contributed by atoms with Gasteiger partial charge in [-0.15, -0.1) is 12.4 Å². The molecule has 11 heteroatoms. The van der Waals surface area contributed by atoms with Gasteiger partial charge in [-0.1, -0.05) is 6.07 Å². The Kier molecular flexibility index (Phi) is 7.87. The van der Waals surface area contributed by atoms with E-state index in [-0.39, 0.29) is 24.5 Å². The predicted molar refractivity (Wildman–Crippen MR) is 92.5 cm³/mol. The molecule has 0 radical (unpaired) electrons. The zero-order valence-electron chi connectivity index (χ0n) is 14.0. The minimum atomic E-state index is -4.65. The molecular formula is C15H21ClF3N3O3S. The lowest BCUT2D eigenvalue weighted by atomic mass is 10.00. The summed E-state index contributed by atoms with van der Waals surface area (Å²) < 4.78 is 64.3. The zero-order valence-corrected chi connectivity index (χ0v) is 15.6. The van der Waals surface area contributed by atoms with Crippen LogP contribution in [0.25, 0.3) is 0 Å². The van der Waals surface area contributed by atoms with E-state index in [1.807, 2.05) is 11.6 Å². The van der Waals surface area contributed by atoms with Crippen LogP contribution in [0.5, 0.6) is 0 Å². The molecule has 6 nitrogen and oxygen atoms in total. The second kappa shape index (κ2) is 9.03. The highest BCUT2D eigenvalue weighted by Gasteiger charge is 2.31. The molecule has 0 aromatic heterocycles. The number of halogens is 4. The molecular weight excluding hydrogens is 395 g/mol. The number of hydrogen-bond acceptors (Lipinski definition) is 4. The summed E-state index contributed by atoms with van der Waals surface area (Å²) in [5.41, 5.74) is -1.07. The molecule has 2 rings (SSSR count). The van der Waals surface area contributed by atoms with E-state index in [1.54, 1.807) is 0 Å². The van der Waals surface area contributed by atoms with Gasteiger partial charge in [-0.05, 0) is 44.5 Å². The molecule has 1 heterocycles. The number of hydrogen-bond donors (Lipinski definition) is 3. The van der Waals surface area contributed by atoms with E-state index < -0.39 is 39.1 Å². The maximum absolute atomic E-state index is 12.7. The lowest BCUT2D eigenvalue weighted by Gasteiger charge is -2.30. The van der Waals surface area contributed by atoms with Crippen molar-refractivity contribution in [3.8, 4) is 0 Å². The summed E-state index contributed by atoms with van der Waals surface area (Å²) in [5, 5.41) is 5.92. The fourth-order valence-corrected chi connectivity index (χ4v) is 3.61. The van der Waals surface area contributed by atoms with E-state index in [4.69, 9.17) is 0 Å². The highest BCUT2D eigenvalue weighted by molar-refractivity contribution is 7.89. The molecule has 0 aliphatic carbocycles. The van der Waals surface area contributed by atoms with E-state index in [0.29, 0.717) is 6.07 Å². The number of nitrogens with one attached hydrogen (secondary N) is 3. The third-order valence-corrected chi connectivity index (χ3v) is 5.40. The largest absolute Gasteiger partial charge is 0.416 e. The highest BCUT2D eigenvalue weighted by Crippen LogP contribution is 2.30. The Balaban J connectivity index is 0.00000338. The average molecular weight is 416 g/mol. The monoisotopic (exact) mass is 415 g/mol. The molecule has 0 spiro atoms. The van der Waals surface area contributed by atoms with Crippen LogP contribution in [0, 0.1) is 0 Å². The maximum Gasteiger partial charge on any atom is 0.416 e. The second-order valence-electron chi connectivity index (χ2n) is 5.91. The summed E-state index contributed by atoms with van der Waals surface area (Å²) in [5.74, 6) is -0.531. The van der Waals surface area contributed by atoms with Crippen molar-refractivity contribution in [2.75, 3.05) is 13.1 Å². The van der Waals surface area contributed by atoms with Gasteiger partial charge in [0.25, 0.3) is 0 Å². The van der Waals surface area contributed by atoms with Crippen LogP contribution in [0.1, 0.15) is 25.3 Å². The van der Waals surface area contributed by atoms with Crippen molar-refractivity contribution in [3.63, 3.8) is 0 Å². The summed E-state index contributed by atoms with van der Waals surface area (Å²) in [7, 11) is -4.22. The van der Waals surface area contributed by atoms with Gasteiger partial charge in [-0.25, -0.2) is 13.1 Å². The Bertz CT molecular complexity index is 728. The van der Waals surface area contributed by atoms with Gasteiger partial charge in [-0.3, -0.25) is 4.79 Å². The summed E-state index contributed by atoms with van der Waals surface area (Å²) in [6.45, 7) is 2.23. The lowest BCUT2D eigenvalue weighted by molar-refractivity contribution is -0.137. The van der Waals surface area contributed by atoms with Crippen molar-refractivity contribution in [2.45, 2.75) is 42.9 Å². The first-order valence-corrected chi connectivity index (χ1v) is 9.27. The highest BCUT2D eigenvalue weighted by atomic mass is 35.5. The van der Waals surface area contributed by atoms with Crippen molar-refractivity contribution in [1.82, 2.24) is 15.4 Å². The van der Waals surface area contributed by atoms with Gasteiger partial charge in [0.05, 0.1) is 17.0 Å². The molecule has 2 atom stereocenters. The lowest BCUT2D eigenvalue weighted by Crippen LogP contribution is -2.53. The van der Waals surface area contributed by atoms with Gasteiger partial charge in [0.15, 0.2) is 0 Å². The molecule has 26 heavy (non-hydrogen) atoms. The number of benzene rings is 1. The summed E-state index contributed by atoms with van der Waals surface area (Å²) >= 11 is 0. The van der Waals surface area contributed by atoms with Gasteiger partial charge < -0.3 is 10.6 Å². The summed E-state index contributed by atoms with van der Waals surface area (Å²) in [4.78, 5) is 11.4. The van der Waals surface area contributed by atoms with Crippen molar-refractivity contribution < 1.29 is 26.4 Å². The van der Waals surface area contributed by atoms with Gasteiger partial charge in [-0.2, -0.15) is 13.2 Å². The van der Waals surface area contributed by atoms with Crippen LogP contribution >= 0.6 is 12.4 Å². The molecule has 3 N–H and O–H groups in total. The van der Waals surface area contributed by atoms with Gasteiger partial charge in [0, 0.05) is 12.1 Å². The molecule has 148 valence electrons. The van der Waals surface area contributed by atoms with Crippen LogP contribution in [-0.4, -0.2) is 39.5 Å². The van der Waals surface area contributed by atoms with Crippen LogP contribution in [0.4, 0.5) is 13.2 Å². The molecule has 1 aromatic carbocycles. The quantitative estimate of drug-likeness (QED) is 0.682. The van der Waals surface area contributed by atoms with Crippen molar-refractivity contribution in [3.05, 3.63) is 29.8 Å². The Morgan fingerprint density at radius 1 is 1.35 bits per heavy atom. The Morgan fingerprint density at radius 3 is 2.65 bits per heavy atom. The predicted octanol–water partition coefficient (Wildman–Crippen LogP) is 1.66. The van der Waals surface area contributed by atoms with Crippen LogP contribution < -0.4 is 15.4 Å². The summed E-state index contributed by atoms with van der Waals surface area (Å²) in [6.07, 6.45) is -2.97. The summed E-state index contributed by atoms with van der Waals surface area (Å²) in [6, 6.07) is 3.32. The van der Waals surface area contributed by atoms with Crippen molar-refractivity contribution in [2.24, 2.45) is 0 Å². The molecule has 1 aromatic rings. The SMILES string of the molecule is CC1NCCCC1NC(=O)CNS(=O)(=O)c1cccc(C(F)(F)F)c1.Cl. The third-order valence-electron chi connectivity index (χ3n) is 4.00. The molecule has 1 aliphatic heterocycles. The second-order valence-corrected chi connectivity index (χ2v) is 7.68. The van der Waals surface area contributed by atoms with E-state index in [0.717, 1.165) is 37.6 Å². The first-order chi connectivity index (χ1) is 11.6. The molecule has 1 aliphatic rings. The third kappa shape index (κ3) is 6.11. The molecule has 0 saturated carbocycles. The molecule has 0 bridgehead atoms. The number of carbonyl (C=O) groups excluding carboxylic acids is 1. The minimum absolute atomic E-state index is 0. The van der Waals surface area contributed by atoms with Gasteiger partial charge in [0.2, 0.25) is 15.9 Å². The molecule has 1 amide bonds. The first-order valence-electron chi connectivity index (χ1n) is 7.79. The van der Waals surface area contributed by atoms with Crippen molar-refractivity contribution in [1.29, 1.82) is 0 Å². The van der Waals surface area contributed by atoms with Crippen LogP contribution in [0.15, 0.2) is 29.2 Å². The van der Waals surface area contributed by atoms with Crippen molar-refractivity contribution >= 4 is 28.3 Å². The maximum atomic E-state index is 12.7. The molecule has 1 saturated heterocycles. The van der Waals surface area contributed by atoms with E-state index >= 15 is 0 Å². The smallest absolute Gasteiger partial charge is 0.351 e. The molecule has 2 unspecified atom stereocenters. The number of alkyl halides is 3. The standard InChI is InChI=1S/C15H20F3N3O3S.ClH/c1-10-13(6-3-7-19-10)21-14(22)9-20-25(23,24)12-5-2-4-11(8-12)15(16,17)18;/h2,4-5,8,10,13,19-20H,3,6-7,9H2,1H3,(H,21,22);1H. The fraction of sp³-hybridized carbons (Fsp3) is 0.533. The van der Waals surface area contributed by atoms with Crippen LogP contribution in [0.2, 0.25) is 0 Å². The number of sulfonamides is 1. The first kappa shape index (κ1) is 22.7. The Labute approximate surface area is 156 Å². The van der Waals surface area contributed by atoms with Gasteiger partial charge >= 0.3 is 6.18 Å². The average Bonchev–Trinajstić information content (AvgIpc) is 2.55. The van der Waals surface area contributed by atoms with Gasteiger partial charge in [0.1, 0.15) is 0 Å². The normalized spacial score (nSPS) is 20.9. The van der Waals surface area contributed by atoms with E-state index in [1.165, 1.54) is 0 Å². The fourth-order valence-electron chi connectivity index (χ4n) is 2.58. The van der Waals surface area contributed by atoms with E-state index in [9.17, 15) is 26.4 Å². The zero-order chi connectivity index (χ0) is 18.7. The van der Waals surface area contributed by atoms with Crippen LogP contribution in [-0.2, 0) is 21.0 Å².